The minimum absolute atomic E-state index is 0.400. The number of aromatic nitrogens is 2. The predicted molar refractivity (Wildman–Crippen MR) is 81.2 cm³/mol. The molecule has 0 saturated carbocycles. The maximum absolute atomic E-state index is 4.55. The molecule has 0 bridgehead atoms. The van der Waals surface area contributed by atoms with Gasteiger partial charge in [-0.1, -0.05) is 26.0 Å². The molecule has 3 nitrogen and oxygen atoms in total. The molecular weight excluding hydrogens is 234 g/mol. The first-order valence-corrected chi connectivity index (χ1v) is 6.90. The smallest absolute Gasteiger partial charge is 0.207 e. The third-order valence-corrected chi connectivity index (χ3v) is 3.22. The first-order chi connectivity index (χ1) is 8.97. The molecule has 1 N–H and O–H groups in total. The number of benzene rings is 1. The molecule has 1 heterocycles. The van der Waals surface area contributed by atoms with Gasteiger partial charge < -0.3 is 9.88 Å². The van der Waals surface area contributed by atoms with Crippen LogP contribution in [0.4, 0.5) is 11.6 Å². The molecule has 0 radical (unpaired) electrons. The SMILES string of the molecule is Cc1cn(C(C)C)c(Nc2cccc(C(C)C)c2)n1. The number of nitrogens with zero attached hydrogens (tertiary/aromatic N) is 2. The van der Waals surface area contributed by atoms with Gasteiger partial charge in [0.15, 0.2) is 0 Å². The van der Waals surface area contributed by atoms with Crippen LogP contribution < -0.4 is 5.32 Å². The Bertz CT molecular complexity index is 553. The molecule has 1 aromatic heterocycles. The van der Waals surface area contributed by atoms with Crippen molar-refractivity contribution in [3.05, 3.63) is 41.7 Å². The molecule has 0 spiro atoms. The number of anilines is 2. The summed E-state index contributed by atoms with van der Waals surface area (Å²) >= 11 is 0. The second kappa shape index (κ2) is 5.47. The van der Waals surface area contributed by atoms with E-state index in [1.54, 1.807) is 0 Å². The van der Waals surface area contributed by atoms with Crippen LogP contribution in [0, 0.1) is 6.92 Å². The van der Waals surface area contributed by atoms with Gasteiger partial charge in [-0.3, -0.25) is 0 Å². The highest BCUT2D eigenvalue weighted by Crippen LogP contribution is 2.23. The van der Waals surface area contributed by atoms with E-state index in [2.05, 4.69) is 73.0 Å². The average molecular weight is 257 g/mol. The van der Waals surface area contributed by atoms with Crippen molar-refractivity contribution in [2.24, 2.45) is 0 Å². The van der Waals surface area contributed by atoms with E-state index in [0.717, 1.165) is 17.3 Å². The van der Waals surface area contributed by atoms with E-state index in [1.165, 1.54) is 5.56 Å². The van der Waals surface area contributed by atoms with Gasteiger partial charge in [0.2, 0.25) is 5.95 Å². The Morgan fingerprint density at radius 2 is 1.89 bits per heavy atom. The molecule has 0 aliphatic carbocycles. The lowest BCUT2D eigenvalue weighted by atomic mass is 10.0. The van der Waals surface area contributed by atoms with Crippen LogP contribution in [0.15, 0.2) is 30.5 Å². The van der Waals surface area contributed by atoms with Crippen LogP contribution in [-0.4, -0.2) is 9.55 Å². The quantitative estimate of drug-likeness (QED) is 0.864. The van der Waals surface area contributed by atoms with Crippen molar-refractivity contribution in [3.63, 3.8) is 0 Å². The van der Waals surface area contributed by atoms with Gasteiger partial charge in [0.05, 0.1) is 5.69 Å². The summed E-state index contributed by atoms with van der Waals surface area (Å²) in [6, 6.07) is 8.93. The lowest BCUT2D eigenvalue weighted by Gasteiger charge is -2.14. The topological polar surface area (TPSA) is 29.9 Å². The fraction of sp³-hybridized carbons (Fsp3) is 0.438. The molecule has 3 heteroatoms. The maximum atomic E-state index is 4.55. The van der Waals surface area contributed by atoms with E-state index in [-0.39, 0.29) is 0 Å². The lowest BCUT2D eigenvalue weighted by Crippen LogP contribution is -2.05. The van der Waals surface area contributed by atoms with Gasteiger partial charge in [-0.15, -0.1) is 0 Å². The van der Waals surface area contributed by atoms with Gasteiger partial charge in [0.25, 0.3) is 0 Å². The van der Waals surface area contributed by atoms with E-state index in [4.69, 9.17) is 0 Å². The molecule has 0 saturated heterocycles. The summed E-state index contributed by atoms with van der Waals surface area (Å²) in [5.41, 5.74) is 3.47. The third kappa shape index (κ3) is 3.16. The molecule has 0 aliphatic heterocycles. The van der Waals surface area contributed by atoms with Gasteiger partial charge in [-0.2, -0.15) is 0 Å². The number of rotatable bonds is 4. The van der Waals surface area contributed by atoms with Crippen molar-refractivity contribution in [1.82, 2.24) is 9.55 Å². The van der Waals surface area contributed by atoms with Crippen LogP contribution in [0.2, 0.25) is 0 Å². The molecule has 0 fully saturated rings. The standard InChI is InChI=1S/C16H23N3/c1-11(2)14-7-6-8-15(9-14)18-16-17-13(5)10-19(16)12(3)4/h6-12H,1-5H3,(H,17,18). The summed E-state index contributed by atoms with van der Waals surface area (Å²) in [6.45, 7) is 10.8. The fourth-order valence-corrected chi connectivity index (χ4v) is 2.11. The second-order valence-electron chi connectivity index (χ2n) is 5.61. The van der Waals surface area contributed by atoms with Gasteiger partial charge in [-0.05, 0) is 44.4 Å². The van der Waals surface area contributed by atoms with Crippen molar-refractivity contribution in [2.75, 3.05) is 5.32 Å². The Balaban J connectivity index is 2.28. The third-order valence-electron chi connectivity index (χ3n) is 3.22. The van der Waals surface area contributed by atoms with Gasteiger partial charge in [-0.25, -0.2) is 4.98 Å². The maximum Gasteiger partial charge on any atom is 0.207 e. The number of imidazole rings is 1. The molecule has 1 aromatic carbocycles. The van der Waals surface area contributed by atoms with Crippen molar-refractivity contribution >= 4 is 11.6 Å². The highest BCUT2D eigenvalue weighted by molar-refractivity contribution is 5.55. The Morgan fingerprint density at radius 1 is 1.16 bits per heavy atom. The zero-order valence-corrected chi connectivity index (χ0v) is 12.4. The Labute approximate surface area is 115 Å². The number of nitrogens with one attached hydrogen (secondary N) is 1. The molecule has 0 aliphatic rings. The Kier molecular flexibility index (Phi) is 3.93. The van der Waals surface area contributed by atoms with Gasteiger partial charge in [0.1, 0.15) is 0 Å². The number of hydrogen-bond acceptors (Lipinski definition) is 2. The molecule has 0 unspecified atom stereocenters. The van der Waals surface area contributed by atoms with Crippen molar-refractivity contribution < 1.29 is 0 Å². The summed E-state index contributed by atoms with van der Waals surface area (Å²) < 4.78 is 2.16. The van der Waals surface area contributed by atoms with Gasteiger partial charge >= 0.3 is 0 Å². The van der Waals surface area contributed by atoms with Gasteiger partial charge in [0, 0.05) is 17.9 Å². The molecule has 19 heavy (non-hydrogen) atoms. The van der Waals surface area contributed by atoms with E-state index >= 15 is 0 Å². The highest BCUT2D eigenvalue weighted by atomic mass is 15.2. The molecule has 0 amide bonds. The number of aryl methyl sites for hydroxylation is 1. The van der Waals surface area contributed by atoms with E-state index in [9.17, 15) is 0 Å². The molecular formula is C16H23N3. The summed E-state index contributed by atoms with van der Waals surface area (Å²) in [5, 5.41) is 3.42. The first-order valence-electron chi connectivity index (χ1n) is 6.90. The molecule has 2 rings (SSSR count). The summed E-state index contributed by atoms with van der Waals surface area (Å²) in [4.78, 5) is 4.55. The lowest BCUT2D eigenvalue weighted by molar-refractivity contribution is 0.607. The Hall–Kier alpha value is -1.77. The normalized spacial score (nSPS) is 11.3. The minimum Gasteiger partial charge on any atom is -0.326 e. The average Bonchev–Trinajstić information content (AvgIpc) is 2.70. The largest absolute Gasteiger partial charge is 0.326 e. The van der Waals surface area contributed by atoms with E-state index < -0.39 is 0 Å². The van der Waals surface area contributed by atoms with Crippen LogP contribution in [0.5, 0.6) is 0 Å². The first kappa shape index (κ1) is 13.7. The second-order valence-corrected chi connectivity index (χ2v) is 5.61. The van der Waals surface area contributed by atoms with Crippen molar-refractivity contribution in [3.8, 4) is 0 Å². The summed E-state index contributed by atoms with van der Waals surface area (Å²) in [5.74, 6) is 1.45. The van der Waals surface area contributed by atoms with E-state index in [1.807, 2.05) is 6.92 Å². The highest BCUT2D eigenvalue weighted by Gasteiger charge is 2.09. The monoisotopic (exact) mass is 257 g/mol. The molecule has 0 atom stereocenters. The molecule has 2 aromatic rings. The zero-order valence-electron chi connectivity index (χ0n) is 12.4. The summed E-state index contributed by atoms with van der Waals surface area (Å²) in [6.07, 6.45) is 2.08. The predicted octanol–water partition coefficient (Wildman–Crippen LogP) is 4.64. The summed E-state index contributed by atoms with van der Waals surface area (Å²) in [7, 11) is 0. The van der Waals surface area contributed by atoms with E-state index in [0.29, 0.717) is 12.0 Å². The number of hydrogen-bond donors (Lipinski definition) is 1. The molecule has 102 valence electrons. The zero-order chi connectivity index (χ0) is 14.0. The minimum atomic E-state index is 0.400. The van der Waals surface area contributed by atoms with Crippen LogP contribution in [0.1, 0.15) is 50.9 Å². The fourth-order valence-electron chi connectivity index (χ4n) is 2.11. The van der Waals surface area contributed by atoms with Crippen molar-refractivity contribution in [1.29, 1.82) is 0 Å². The van der Waals surface area contributed by atoms with Crippen LogP contribution in [0.3, 0.4) is 0 Å². The van der Waals surface area contributed by atoms with Crippen LogP contribution >= 0.6 is 0 Å². The van der Waals surface area contributed by atoms with Crippen LogP contribution in [0.25, 0.3) is 0 Å². The van der Waals surface area contributed by atoms with Crippen LogP contribution in [-0.2, 0) is 0 Å². The Morgan fingerprint density at radius 3 is 2.53 bits per heavy atom. The van der Waals surface area contributed by atoms with Crippen molar-refractivity contribution in [2.45, 2.75) is 46.6 Å².